The Morgan fingerprint density at radius 2 is 2.00 bits per heavy atom. The SMILES string of the molecule is CCCN(C)S(=O)(=O)c1ccc(CNCC)c(Cl)c1. The Hall–Kier alpha value is -0.620. The van der Waals surface area contributed by atoms with Crippen LogP contribution >= 0.6 is 11.6 Å². The third-order valence-corrected chi connectivity index (χ3v) is 5.04. The van der Waals surface area contributed by atoms with Crippen molar-refractivity contribution in [2.24, 2.45) is 0 Å². The predicted octanol–water partition coefficient (Wildman–Crippen LogP) is 2.48. The van der Waals surface area contributed by atoms with E-state index in [1.165, 1.54) is 10.4 Å². The first kappa shape index (κ1) is 16.4. The lowest BCUT2D eigenvalue weighted by Crippen LogP contribution is -2.27. The second kappa shape index (κ2) is 7.24. The Bertz CT molecular complexity index is 517. The van der Waals surface area contributed by atoms with Crippen molar-refractivity contribution < 1.29 is 8.42 Å². The van der Waals surface area contributed by atoms with E-state index in [9.17, 15) is 8.42 Å². The molecule has 4 nitrogen and oxygen atoms in total. The fourth-order valence-electron chi connectivity index (χ4n) is 1.71. The van der Waals surface area contributed by atoms with Crippen molar-refractivity contribution >= 4 is 21.6 Å². The highest BCUT2D eigenvalue weighted by Gasteiger charge is 2.20. The summed E-state index contributed by atoms with van der Waals surface area (Å²) < 4.78 is 25.9. The van der Waals surface area contributed by atoms with Crippen LogP contribution in [0.25, 0.3) is 0 Å². The van der Waals surface area contributed by atoms with E-state index in [1.54, 1.807) is 19.2 Å². The first-order chi connectivity index (χ1) is 8.93. The molecule has 0 unspecified atom stereocenters. The minimum atomic E-state index is -3.43. The first-order valence-electron chi connectivity index (χ1n) is 6.39. The topological polar surface area (TPSA) is 49.4 Å². The molecule has 0 radical (unpaired) electrons. The van der Waals surface area contributed by atoms with Crippen molar-refractivity contribution in [3.05, 3.63) is 28.8 Å². The standard InChI is InChI=1S/C13H21ClN2O2S/c1-4-8-16(3)19(17,18)12-7-6-11(10-15-5-2)13(14)9-12/h6-7,9,15H,4-5,8,10H2,1-3H3. The summed E-state index contributed by atoms with van der Waals surface area (Å²) in [4.78, 5) is 0.244. The lowest BCUT2D eigenvalue weighted by molar-refractivity contribution is 0.468. The molecule has 0 aliphatic carbocycles. The van der Waals surface area contributed by atoms with E-state index >= 15 is 0 Å². The fraction of sp³-hybridized carbons (Fsp3) is 0.538. The summed E-state index contributed by atoms with van der Waals surface area (Å²) in [6, 6.07) is 4.90. The molecule has 1 N–H and O–H groups in total. The third-order valence-electron chi connectivity index (χ3n) is 2.84. The van der Waals surface area contributed by atoms with Crippen LogP contribution in [0.4, 0.5) is 0 Å². The molecular formula is C13H21ClN2O2S. The van der Waals surface area contributed by atoms with Crippen LogP contribution in [0.2, 0.25) is 5.02 Å². The van der Waals surface area contributed by atoms with Crippen molar-refractivity contribution in [2.75, 3.05) is 20.1 Å². The average Bonchev–Trinajstić information content (AvgIpc) is 2.37. The highest BCUT2D eigenvalue weighted by Crippen LogP contribution is 2.22. The number of rotatable bonds is 7. The molecule has 0 aliphatic heterocycles. The summed E-state index contributed by atoms with van der Waals surface area (Å²) in [7, 11) is -1.85. The lowest BCUT2D eigenvalue weighted by atomic mass is 10.2. The molecule has 19 heavy (non-hydrogen) atoms. The Balaban J connectivity index is 3.00. The van der Waals surface area contributed by atoms with Gasteiger partial charge in [0.25, 0.3) is 0 Å². The highest BCUT2D eigenvalue weighted by molar-refractivity contribution is 7.89. The van der Waals surface area contributed by atoms with Crippen molar-refractivity contribution in [1.82, 2.24) is 9.62 Å². The molecule has 108 valence electrons. The largest absolute Gasteiger partial charge is 0.313 e. The molecule has 1 rings (SSSR count). The molecule has 0 saturated heterocycles. The van der Waals surface area contributed by atoms with Gasteiger partial charge in [-0.25, -0.2) is 12.7 Å². The van der Waals surface area contributed by atoms with E-state index in [0.29, 0.717) is 18.1 Å². The quantitative estimate of drug-likeness (QED) is 0.842. The molecule has 0 aliphatic rings. The molecule has 6 heteroatoms. The maximum atomic E-state index is 12.3. The lowest BCUT2D eigenvalue weighted by Gasteiger charge is -2.17. The molecule has 0 amide bonds. The number of benzene rings is 1. The van der Waals surface area contributed by atoms with Crippen LogP contribution in [0.3, 0.4) is 0 Å². The van der Waals surface area contributed by atoms with E-state index in [2.05, 4.69) is 5.32 Å². The number of nitrogens with one attached hydrogen (secondary N) is 1. The Morgan fingerprint density at radius 3 is 2.53 bits per heavy atom. The van der Waals surface area contributed by atoms with Gasteiger partial charge in [-0.15, -0.1) is 0 Å². The number of hydrogen-bond donors (Lipinski definition) is 1. The van der Waals surface area contributed by atoms with Crippen LogP contribution in [-0.2, 0) is 16.6 Å². The zero-order chi connectivity index (χ0) is 14.5. The van der Waals surface area contributed by atoms with Gasteiger partial charge in [0, 0.05) is 25.2 Å². The number of nitrogens with zero attached hydrogens (tertiary/aromatic N) is 1. The van der Waals surface area contributed by atoms with Gasteiger partial charge in [-0.3, -0.25) is 0 Å². The van der Waals surface area contributed by atoms with E-state index in [1.807, 2.05) is 13.8 Å². The van der Waals surface area contributed by atoms with Gasteiger partial charge in [0.1, 0.15) is 0 Å². The monoisotopic (exact) mass is 304 g/mol. The maximum Gasteiger partial charge on any atom is 0.242 e. The summed E-state index contributed by atoms with van der Waals surface area (Å²) in [6.07, 6.45) is 0.780. The van der Waals surface area contributed by atoms with Crippen LogP contribution in [-0.4, -0.2) is 32.9 Å². The molecule has 0 aromatic heterocycles. The molecule has 0 atom stereocenters. The molecule has 0 bridgehead atoms. The van der Waals surface area contributed by atoms with Gasteiger partial charge >= 0.3 is 0 Å². The molecule has 0 saturated carbocycles. The third kappa shape index (κ3) is 4.18. The van der Waals surface area contributed by atoms with Crippen LogP contribution in [0.15, 0.2) is 23.1 Å². The smallest absolute Gasteiger partial charge is 0.242 e. The van der Waals surface area contributed by atoms with Gasteiger partial charge in [0.2, 0.25) is 10.0 Å². The van der Waals surface area contributed by atoms with Gasteiger partial charge in [-0.1, -0.05) is 31.5 Å². The van der Waals surface area contributed by atoms with Crippen molar-refractivity contribution in [1.29, 1.82) is 0 Å². The Morgan fingerprint density at radius 1 is 1.32 bits per heavy atom. The van der Waals surface area contributed by atoms with Crippen LogP contribution < -0.4 is 5.32 Å². The van der Waals surface area contributed by atoms with Crippen LogP contribution in [0.1, 0.15) is 25.8 Å². The molecule has 0 spiro atoms. The van der Waals surface area contributed by atoms with Crippen LogP contribution in [0.5, 0.6) is 0 Å². The van der Waals surface area contributed by atoms with Gasteiger partial charge in [-0.05, 0) is 30.7 Å². The second-order valence-electron chi connectivity index (χ2n) is 4.36. The summed E-state index contributed by atoms with van der Waals surface area (Å²) in [5.41, 5.74) is 0.903. The number of sulfonamides is 1. The zero-order valence-electron chi connectivity index (χ0n) is 11.6. The Kier molecular flexibility index (Phi) is 6.26. The van der Waals surface area contributed by atoms with E-state index in [4.69, 9.17) is 11.6 Å². The average molecular weight is 305 g/mol. The van der Waals surface area contributed by atoms with Crippen molar-refractivity contribution in [2.45, 2.75) is 31.7 Å². The molecule has 1 aromatic rings. The normalized spacial score (nSPS) is 12.1. The first-order valence-corrected chi connectivity index (χ1v) is 8.20. The van der Waals surface area contributed by atoms with Crippen molar-refractivity contribution in [3.63, 3.8) is 0 Å². The van der Waals surface area contributed by atoms with Gasteiger partial charge in [-0.2, -0.15) is 0 Å². The van der Waals surface area contributed by atoms with Gasteiger partial charge in [0.05, 0.1) is 4.90 Å². The molecule has 1 aromatic carbocycles. The van der Waals surface area contributed by atoms with Gasteiger partial charge < -0.3 is 5.32 Å². The molecular weight excluding hydrogens is 284 g/mol. The Labute approximate surface area is 120 Å². The zero-order valence-corrected chi connectivity index (χ0v) is 13.2. The van der Waals surface area contributed by atoms with Crippen LogP contribution in [0, 0.1) is 0 Å². The minimum Gasteiger partial charge on any atom is -0.313 e. The summed E-state index contributed by atoms with van der Waals surface area (Å²) >= 11 is 6.13. The van der Waals surface area contributed by atoms with Gasteiger partial charge in [0.15, 0.2) is 0 Å². The molecule has 0 heterocycles. The number of hydrogen-bond acceptors (Lipinski definition) is 3. The summed E-state index contributed by atoms with van der Waals surface area (Å²) in [6.45, 7) is 5.93. The maximum absolute atomic E-state index is 12.3. The van der Waals surface area contributed by atoms with E-state index in [-0.39, 0.29) is 4.90 Å². The van der Waals surface area contributed by atoms with E-state index in [0.717, 1.165) is 18.5 Å². The minimum absolute atomic E-state index is 0.244. The highest BCUT2D eigenvalue weighted by atomic mass is 35.5. The summed E-state index contributed by atoms with van der Waals surface area (Å²) in [5, 5.41) is 3.64. The fourth-order valence-corrected chi connectivity index (χ4v) is 3.31. The van der Waals surface area contributed by atoms with Crippen molar-refractivity contribution in [3.8, 4) is 0 Å². The predicted molar refractivity (Wildman–Crippen MR) is 78.9 cm³/mol. The second-order valence-corrected chi connectivity index (χ2v) is 6.81. The number of halogens is 1. The summed E-state index contributed by atoms with van der Waals surface area (Å²) in [5.74, 6) is 0. The molecule has 0 fully saturated rings. The van der Waals surface area contributed by atoms with E-state index < -0.39 is 10.0 Å².